The number of benzene rings is 2. The molecule has 0 N–H and O–H groups in total. The van der Waals surface area contributed by atoms with Crippen LogP contribution in [0.3, 0.4) is 0 Å². The third-order valence-electron chi connectivity index (χ3n) is 2.66. The Morgan fingerprint density at radius 2 is 1.30 bits per heavy atom. The molecule has 0 fully saturated rings. The minimum atomic E-state index is -6.00. The molecule has 23 heavy (non-hydrogen) atoms. The molecule has 2 aromatic rings. The summed E-state index contributed by atoms with van der Waals surface area (Å²) in [5.41, 5.74) is 1.16. The zero-order valence-electron chi connectivity index (χ0n) is 11.9. The molecule has 120 valence electrons. The summed E-state index contributed by atoms with van der Waals surface area (Å²) >= 11 is -1.79. The van der Waals surface area contributed by atoms with Crippen LogP contribution in [-0.2, 0) is 2.73 Å². The van der Waals surface area contributed by atoms with Crippen molar-refractivity contribution in [2.75, 3.05) is 0 Å². The van der Waals surface area contributed by atoms with Crippen LogP contribution in [0.1, 0.15) is 5.56 Å². The van der Waals surface area contributed by atoms with Crippen LogP contribution in [0.4, 0.5) is 17.3 Å². The fourth-order valence-corrected chi connectivity index (χ4v) is 5.49. The first-order valence-corrected chi connectivity index (χ1v) is 10.2. The fourth-order valence-electron chi connectivity index (χ4n) is 1.78. The first-order valence-electron chi connectivity index (χ1n) is 6.71. The van der Waals surface area contributed by atoms with E-state index in [0.717, 1.165) is 11.3 Å². The summed E-state index contributed by atoms with van der Waals surface area (Å²) in [5.74, 6) is 0.999. The van der Waals surface area contributed by atoms with E-state index < -0.39 is 26.8 Å². The van der Waals surface area contributed by atoms with Crippen molar-refractivity contribution >= 4 is 36.2 Å². The number of halogens is 4. The summed E-state index contributed by atoms with van der Waals surface area (Å²) in [6.07, 6.45) is 4.19. The van der Waals surface area contributed by atoms with Crippen LogP contribution in [0.5, 0.6) is 0 Å². The summed E-state index contributed by atoms with van der Waals surface area (Å²) in [6, 6.07) is 20.8. The van der Waals surface area contributed by atoms with Crippen LogP contribution < -0.4 is 3.61 Å². The Labute approximate surface area is 138 Å². The quantitative estimate of drug-likeness (QED) is 0.379. The second-order valence-corrected chi connectivity index (χ2v) is 8.71. The van der Waals surface area contributed by atoms with E-state index >= 15 is 0 Å². The Balaban J connectivity index is 0.000000338. The summed E-state index contributed by atoms with van der Waals surface area (Å²) in [7, 11) is -6.00. The van der Waals surface area contributed by atoms with Gasteiger partial charge in [-0.3, -0.25) is 0 Å². The normalized spacial score (nSPS) is 14.3. The van der Waals surface area contributed by atoms with Gasteiger partial charge in [-0.05, 0) is 0 Å². The van der Waals surface area contributed by atoms with Crippen molar-refractivity contribution in [3.05, 3.63) is 82.5 Å². The van der Waals surface area contributed by atoms with Crippen LogP contribution in [0.25, 0.3) is 5.76 Å². The van der Waals surface area contributed by atoms with Gasteiger partial charge in [0, 0.05) is 0 Å². The maximum atomic E-state index is 9.75. The molecule has 0 unspecified atom stereocenters. The first kappa shape index (κ1) is 17.6. The van der Waals surface area contributed by atoms with Crippen molar-refractivity contribution in [2.24, 2.45) is 0 Å². The van der Waals surface area contributed by atoms with Crippen molar-refractivity contribution in [1.29, 1.82) is 0 Å². The standard InChI is InChI=1S/C16H13OTe.BF4/c1-3-8-14(9-4-1)16-12-7-13-18(17-16)15-10-5-2-6-11-15;2-1(3,4)5/h1-13H;/q+1;-1. The van der Waals surface area contributed by atoms with Crippen LogP contribution in [0.15, 0.2) is 76.9 Å². The smallest absolute Gasteiger partial charge is 0.418 e. The maximum absolute atomic E-state index is 9.75. The van der Waals surface area contributed by atoms with E-state index in [1.807, 2.05) is 24.3 Å². The van der Waals surface area contributed by atoms with E-state index in [1.54, 1.807) is 0 Å². The Kier molecular flexibility index (Phi) is 6.32. The summed E-state index contributed by atoms with van der Waals surface area (Å²) in [6.45, 7) is 0. The zero-order valence-corrected chi connectivity index (χ0v) is 14.2. The van der Waals surface area contributed by atoms with E-state index in [2.05, 4.69) is 52.7 Å². The summed E-state index contributed by atoms with van der Waals surface area (Å²) in [5, 5.41) is 0. The van der Waals surface area contributed by atoms with Crippen molar-refractivity contribution in [3.63, 3.8) is 0 Å². The topological polar surface area (TPSA) is 11.3 Å². The van der Waals surface area contributed by atoms with Gasteiger partial charge in [0.2, 0.25) is 0 Å². The molecule has 0 atom stereocenters. The Hall–Kier alpha value is -1.71. The van der Waals surface area contributed by atoms with E-state index in [9.17, 15) is 17.3 Å². The minimum absolute atomic E-state index is 0.999. The predicted molar refractivity (Wildman–Crippen MR) is 86.3 cm³/mol. The molecule has 0 aliphatic carbocycles. The number of allylic oxidation sites excluding steroid dienone is 2. The Bertz CT molecular complexity index is 678. The Morgan fingerprint density at radius 1 is 0.783 bits per heavy atom. The van der Waals surface area contributed by atoms with Gasteiger partial charge in [-0.1, -0.05) is 0 Å². The second kappa shape index (κ2) is 8.23. The van der Waals surface area contributed by atoms with Gasteiger partial charge in [-0.15, -0.1) is 0 Å². The van der Waals surface area contributed by atoms with Gasteiger partial charge in [0.1, 0.15) is 0 Å². The molecule has 1 nitrogen and oxygen atoms in total. The minimum Gasteiger partial charge on any atom is -0.418 e. The largest absolute Gasteiger partial charge is 0.673 e. The molecule has 0 aromatic heterocycles. The van der Waals surface area contributed by atoms with Gasteiger partial charge in [0.15, 0.2) is 0 Å². The predicted octanol–water partition coefficient (Wildman–Crippen LogP) is 4.30. The van der Waals surface area contributed by atoms with Gasteiger partial charge in [-0.2, -0.15) is 0 Å². The molecular weight excluding hydrogens is 423 g/mol. The molecule has 0 amide bonds. The molecule has 0 bridgehead atoms. The summed E-state index contributed by atoms with van der Waals surface area (Å²) < 4.78 is 48.8. The van der Waals surface area contributed by atoms with E-state index in [1.165, 1.54) is 3.61 Å². The van der Waals surface area contributed by atoms with Crippen molar-refractivity contribution < 1.29 is 20.0 Å². The zero-order chi connectivity index (χ0) is 16.7. The average Bonchev–Trinajstić information content (AvgIpc) is 2.55. The van der Waals surface area contributed by atoms with Crippen LogP contribution in [-0.4, -0.2) is 26.8 Å². The van der Waals surface area contributed by atoms with E-state index in [-0.39, 0.29) is 0 Å². The first-order chi connectivity index (χ1) is 10.9. The van der Waals surface area contributed by atoms with Gasteiger partial charge in [0.05, 0.1) is 0 Å². The molecule has 0 spiro atoms. The SMILES string of the molecule is C1=C[Te](c2ccccc2)=[O+]C(c2ccccc2)=C1.F[B-](F)(F)F. The molecule has 0 radical (unpaired) electrons. The monoisotopic (exact) mass is 438 g/mol. The van der Waals surface area contributed by atoms with Crippen molar-refractivity contribution in [2.45, 2.75) is 0 Å². The Morgan fingerprint density at radius 3 is 1.87 bits per heavy atom. The third-order valence-corrected chi connectivity index (χ3v) is 6.94. The van der Waals surface area contributed by atoms with Crippen LogP contribution in [0, 0.1) is 0 Å². The van der Waals surface area contributed by atoms with Crippen LogP contribution in [0.2, 0.25) is 0 Å². The van der Waals surface area contributed by atoms with Gasteiger partial charge in [0.25, 0.3) is 0 Å². The van der Waals surface area contributed by atoms with Crippen molar-refractivity contribution in [1.82, 2.24) is 0 Å². The van der Waals surface area contributed by atoms with Gasteiger partial charge in [-0.25, -0.2) is 0 Å². The molecular formula is C16H13BF4OTe. The molecule has 7 heteroatoms. The average molecular weight is 436 g/mol. The maximum Gasteiger partial charge on any atom is 0.673 e. The molecule has 1 heterocycles. The number of rotatable bonds is 2. The van der Waals surface area contributed by atoms with Crippen LogP contribution >= 0.6 is 0 Å². The molecule has 1 aliphatic heterocycles. The van der Waals surface area contributed by atoms with Gasteiger partial charge >= 0.3 is 121 Å². The van der Waals surface area contributed by atoms with E-state index in [0.29, 0.717) is 0 Å². The molecule has 0 saturated carbocycles. The van der Waals surface area contributed by atoms with Crippen molar-refractivity contribution in [3.8, 4) is 0 Å². The molecule has 0 saturated heterocycles. The molecule has 3 rings (SSSR count). The fraction of sp³-hybridized carbons (Fsp3) is 0. The molecule has 2 aromatic carbocycles. The number of hydrogen-bond acceptors (Lipinski definition) is 0. The van der Waals surface area contributed by atoms with E-state index in [4.69, 9.17) is 2.73 Å². The summed E-state index contributed by atoms with van der Waals surface area (Å²) in [4.78, 5) is 0. The molecule has 1 aliphatic rings. The third kappa shape index (κ3) is 6.51. The second-order valence-electron chi connectivity index (χ2n) is 4.41. The number of hydrogen-bond donors (Lipinski definition) is 0. The van der Waals surface area contributed by atoms with Gasteiger partial charge < -0.3 is 17.3 Å².